The van der Waals surface area contributed by atoms with E-state index in [1.807, 2.05) is 6.08 Å². The van der Waals surface area contributed by atoms with E-state index in [2.05, 4.69) is 6.92 Å². The van der Waals surface area contributed by atoms with Crippen LogP contribution in [0.1, 0.15) is 45.4 Å². The first-order valence-corrected chi connectivity index (χ1v) is 7.35. The van der Waals surface area contributed by atoms with E-state index in [4.69, 9.17) is 4.74 Å². The molecule has 1 heterocycles. The molecule has 4 nitrogen and oxygen atoms in total. The van der Waals surface area contributed by atoms with Crippen LogP contribution in [0.2, 0.25) is 0 Å². The summed E-state index contributed by atoms with van der Waals surface area (Å²) >= 11 is 0. The van der Waals surface area contributed by atoms with Gasteiger partial charge >= 0.3 is 5.97 Å². The van der Waals surface area contributed by atoms with Crippen LogP contribution in [0.25, 0.3) is 0 Å². The molecule has 19 heavy (non-hydrogen) atoms. The smallest absolute Gasteiger partial charge is 0.306 e. The molecule has 0 aromatic carbocycles. The highest BCUT2D eigenvalue weighted by Gasteiger charge is 2.51. The molecule has 2 unspecified atom stereocenters. The zero-order chi connectivity index (χ0) is 13.8. The molecule has 4 heteroatoms. The first-order chi connectivity index (χ1) is 9.13. The van der Waals surface area contributed by atoms with Crippen molar-refractivity contribution in [2.75, 3.05) is 0 Å². The van der Waals surface area contributed by atoms with Crippen molar-refractivity contribution in [3.8, 4) is 0 Å². The van der Waals surface area contributed by atoms with Crippen LogP contribution in [-0.4, -0.2) is 34.5 Å². The lowest BCUT2D eigenvalue weighted by Crippen LogP contribution is -2.31. The molecule has 0 amide bonds. The lowest BCUT2D eigenvalue weighted by Gasteiger charge is -2.22. The minimum Gasteiger partial charge on any atom is -0.462 e. The van der Waals surface area contributed by atoms with Crippen molar-refractivity contribution < 1.29 is 19.7 Å². The Morgan fingerprint density at radius 3 is 3.00 bits per heavy atom. The lowest BCUT2D eigenvalue weighted by molar-refractivity contribution is -0.141. The summed E-state index contributed by atoms with van der Waals surface area (Å²) in [4.78, 5) is 11.3. The van der Waals surface area contributed by atoms with Crippen LogP contribution in [0.5, 0.6) is 0 Å². The molecule has 1 aliphatic heterocycles. The number of rotatable bonds is 6. The van der Waals surface area contributed by atoms with Gasteiger partial charge in [-0.2, -0.15) is 0 Å². The SMILES string of the molecule is CCCCC/C=C/C(O)C1[C@H](O)C[C@@H]2OC(=O)C[C@H]12. The van der Waals surface area contributed by atoms with E-state index in [0.717, 1.165) is 12.8 Å². The van der Waals surface area contributed by atoms with Gasteiger partial charge in [-0.3, -0.25) is 4.79 Å². The molecular weight excluding hydrogens is 244 g/mol. The van der Waals surface area contributed by atoms with Crippen LogP contribution in [0.4, 0.5) is 0 Å². The Hall–Kier alpha value is -0.870. The summed E-state index contributed by atoms with van der Waals surface area (Å²) in [6.07, 6.45) is 7.55. The van der Waals surface area contributed by atoms with E-state index >= 15 is 0 Å². The van der Waals surface area contributed by atoms with E-state index in [9.17, 15) is 15.0 Å². The Morgan fingerprint density at radius 1 is 1.47 bits per heavy atom. The van der Waals surface area contributed by atoms with E-state index in [-0.39, 0.29) is 23.9 Å². The minimum absolute atomic E-state index is 0.0298. The number of allylic oxidation sites excluding steroid dienone is 1. The predicted octanol–water partition coefficient (Wildman–Crippen LogP) is 1.80. The fourth-order valence-corrected chi connectivity index (χ4v) is 3.27. The van der Waals surface area contributed by atoms with Crippen molar-refractivity contribution in [2.45, 2.75) is 63.8 Å². The summed E-state index contributed by atoms with van der Waals surface area (Å²) in [6, 6.07) is 0. The third kappa shape index (κ3) is 3.37. The summed E-state index contributed by atoms with van der Waals surface area (Å²) in [6.45, 7) is 2.16. The highest BCUT2D eigenvalue weighted by molar-refractivity contribution is 5.72. The second kappa shape index (κ2) is 6.53. The number of aliphatic hydroxyl groups excluding tert-OH is 2. The largest absolute Gasteiger partial charge is 0.462 e. The zero-order valence-electron chi connectivity index (χ0n) is 11.5. The van der Waals surface area contributed by atoms with Crippen LogP contribution < -0.4 is 0 Å². The maximum Gasteiger partial charge on any atom is 0.306 e. The van der Waals surface area contributed by atoms with Gasteiger partial charge in [-0.15, -0.1) is 0 Å². The second-order valence-electron chi connectivity index (χ2n) is 5.69. The minimum atomic E-state index is -0.680. The van der Waals surface area contributed by atoms with Gasteiger partial charge in [0.1, 0.15) is 6.10 Å². The Labute approximate surface area is 114 Å². The van der Waals surface area contributed by atoms with Crippen molar-refractivity contribution in [3.05, 3.63) is 12.2 Å². The summed E-state index contributed by atoms with van der Waals surface area (Å²) in [5.74, 6) is -0.498. The third-order valence-corrected chi connectivity index (χ3v) is 4.28. The van der Waals surface area contributed by atoms with E-state index in [1.165, 1.54) is 12.8 Å². The average molecular weight is 268 g/mol. The molecule has 2 rings (SSSR count). The van der Waals surface area contributed by atoms with Gasteiger partial charge in [-0.1, -0.05) is 31.9 Å². The summed E-state index contributed by atoms with van der Waals surface area (Å²) in [5, 5.41) is 20.2. The van der Waals surface area contributed by atoms with Crippen molar-refractivity contribution in [3.63, 3.8) is 0 Å². The maximum absolute atomic E-state index is 11.3. The van der Waals surface area contributed by atoms with Gasteiger partial charge in [-0.05, 0) is 12.8 Å². The molecule has 0 aromatic rings. The molecule has 0 bridgehead atoms. The van der Waals surface area contributed by atoms with Crippen molar-refractivity contribution >= 4 is 5.97 Å². The van der Waals surface area contributed by atoms with E-state index in [0.29, 0.717) is 12.8 Å². The Morgan fingerprint density at radius 2 is 2.26 bits per heavy atom. The number of carbonyl (C=O) groups is 1. The Bertz CT molecular complexity index is 339. The number of carbonyl (C=O) groups excluding carboxylic acids is 1. The molecule has 1 saturated carbocycles. The van der Waals surface area contributed by atoms with Crippen LogP contribution in [-0.2, 0) is 9.53 Å². The molecule has 2 fully saturated rings. The lowest BCUT2D eigenvalue weighted by atomic mass is 9.87. The van der Waals surface area contributed by atoms with Gasteiger partial charge in [0, 0.05) is 18.3 Å². The fourth-order valence-electron chi connectivity index (χ4n) is 3.27. The molecule has 2 aliphatic rings. The first-order valence-electron chi connectivity index (χ1n) is 7.35. The monoisotopic (exact) mass is 268 g/mol. The normalized spacial score (nSPS) is 35.6. The number of ether oxygens (including phenoxy) is 1. The molecule has 1 saturated heterocycles. The quantitative estimate of drug-likeness (QED) is 0.438. The average Bonchev–Trinajstić information content (AvgIpc) is 2.83. The van der Waals surface area contributed by atoms with Crippen molar-refractivity contribution in [2.24, 2.45) is 11.8 Å². The number of unbranched alkanes of at least 4 members (excludes halogenated alkanes) is 3. The van der Waals surface area contributed by atoms with Gasteiger partial charge in [0.2, 0.25) is 0 Å². The van der Waals surface area contributed by atoms with E-state index < -0.39 is 12.2 Å². The van der Waals surface area contributed by atoms with Crippen LogP contribution >= 0.6 is 0 Å². The summed E-state index contributed by atoms with van der Waals surface area (Å²) in [5.41, 5.74) is 0. The van der Waals surface area contributed by atoms with Gasteiger partial charge in [0.15, 0.2) is 0 Å². The van der Waals surface area contributed by atoms with E-state index in [1.54, 1.807) is 6.08 Å². The third-order valence-electron chi connectivity index (χ3n) is 4.28. The van der Waals surface area contributed by atoms with Crippen LogP contribution in [0.15, 0.2) is 12.2 Å². The van der Waals surface area contributed by atoms with Crippen LogP contribution in [0.3, 0.4) is 0 Å². The second-order valence-corrected chi connectivity index (χ2v) is 5.69. The zero-order valence-corrected chi connectivity index (χ0v) is 11.5. The highest BCUT2D eigenvalue weighted by atomic mass is 16.6. The van der Waals surface area contributed by atoms with Crippen LogP contribution in [0, 0.1) is 11.8 Å². The molecule has 0 spiro atoms. The number of esters is 1. The fraction of sp³-hybridized carbons (Fsp3) is 0.800. The standard InChI is InChI=1S/C15H24O4/c1-2-3-4-5-6-7-11(16)15-10-8-14(18)19-13(10)9-12(15)17/h6-7,10-13,15-17H,2-5,8-9H2,1H3/b7-6+/t10-,11?,12+,13-,15?/m0/s1. The Balaban J connectivity index is 1.87. The number of hydrogen-bond donors (Lipinski definition) is 2. The first kappa shape index (κ1) is 14.5. The van der Waals surface area contributed by atoms with Gasteiger partial charge in [-0.25, -0.2) is 0 Å². The number of fused-ring (bicyclic) bond motifs is 1. The predicted molar refractivity (Wildman–Crippen MR) is 71.4 cm³/mol. The number of hydrogen-bond acceptors (Lipinski definition) is 4. The van der Waals surface area contributed by atoms with Crippen molar-refractivity contribution in [1.29, 1.82) is 0 Å². The Kier molecular flexibility index (Phi) is 4.99. The summed E-state index contributed by atoms with van der Waals surface area (Å²) < 4.78 is 5.16. The maximum atomic E-state index is 11.3. The topological polar surface area (TPSA) is 66.8 Å². The molecule has 0 aromatic heterocycles. The van der Waals surface area contributed by atoms with Crippen molar-refractivity contribution in [1.82, 2.24) is 0 Å². The van der Waals surface area contributed by atoms with Gasteiger partial charge < -0.3 is 14.9 Å². The highest BCUT2D eigenvalue weighted by Crippen LogP contribution is 2.43. The molecule has 2 N–H and O–H groups in total. The van der Waals surface area contributed by atoms with Gasteiger partial charge in [0.05, 0.1) is 18.6 Å². The van der Waals surface area contributed by atoms with Gasteiger partial charge in [0.25, 0.3) is 0 Å². The summed E-state index contributed by atoms with van der Waals surface area (Å²) in [7, 11) is 0. The molecule has 1 aliphatic carbocycles. The molecule has 5 atom stereocenters. The molecular formula is C15H24O4. The molecule has 108 valence electrons. The molecule has 0 radical (unpaired) electrons. The number of aliphatic hydroxyl groups is 2.